The maximum Gasteiger partial charge on any atom is 0.165 e. The van der Waals surface area contributed by atoms with Crippen LogP contribution in [-0.4, -0.2) is 9.78 Å². The van der Waals surface area contributed by atoms with E-state index in [2.05, 4.69) is 5.10 Å². The fraction of sp³-hybridized carbons (Fsp3) is 0.182. The zero-order valence-corrected chi connectivity index (χ0v) is 8.35. The molecule has 0 N–H and O–H groups in total. The first-order valence-electron chi connectivity index (χ1n) is 4.74. The van der Waals surface area contributed by atoms with Crippen LogP contribution in [-0.2, 0) is 6.54 Å². The Morgan fingerprint density at radius 1 is 1.40 bits per heavy atom. The molecule has 78 valence electrons. The summed E-state index contributed by atoms with van der Waals surface area (Å²) in [5.41, 5.74) is 0. The van der Waals surface area contributed by atoms with E-state index in [9.17, 15) is 4.39 Å². The largest absolute Gasteiger partial charge is 0.454 e. The number of hydrogen-bond acceptors (Lipinski definition) is 2. The molecule has 0 atom stereocenters. The van der Waals surface area contributed by atoms with Crippen LogP contribution in [0.3, 0.4) is 0 Å². The Morgan fingerprint density at radius 2 is 2.27 bits per heavy atom. The summed E-state index contributed by atoms with van der Waals surface area (Å²) in [5.74, 6) is 0.781. The van der Waals surface area contributed by atoms with E-state index in [1.54, 1.807) is 29.2 Å². The average Bonchev–Trinajstić information content (AvgIpc) is 2.65. The maximum absolute atomic E-state index is 12.8. The van der Waals surface area contributed by atoms with Crippen LogP contribution in [0, 0.1) is 5.82 Å². The standard InChI is InChI=1S/C11H11FN2O/c1-2-14-8-11(7-13-14)15-10-5-3-4-9(12)6-10/h3-8H,2H2,1H3. The van der Waals surface area contributed by atoms with E-state index in [1.807, 2.05) is 6.92 Å². The molecule has 0 aliphatic rings. The molecule has 0 spiro atoms. The summed E-state index contributed by atoms with van der Waals surface area (Å²) in [6.45, 7) is 2.77. The lowest BCUT2D eigenvalue weighted by Gasteiger charge is -2.01. The van der Waals surface area contributed by atoms with Gasteiger partial charge in [0.05, 0.1) is 12.4 Å². The highest BCUT2D eigenvalue weighted by molar-refractivity contribution is 5.28. The van der Waals surface area contributed by atoms with Crippen LogP contribution in [0.4, 0.5) is 4.39 Å². The topological polar surface area (TPSA) is 27.1 Å². The van der Waals surface area contributed by atoms with Crippen LogP contribution in [0.15, 0.2) is 36.7 Å². The molecule has 0 unspecified atom stereocenters. The van der Waals surface area contributed by atoms with Gasteiger partial charge in [-0.05, 0) is 19.1 Å². The molecule has 4 heteroatoms. The molecule has 0 bridgehead atoms. The smallest absolute Gasteiger partial charge is 0.165 e. The average molecular weight is 206 g/mol. The van der Waals surface area contributed by atoms with Gasteiger partial charge in [0.25, 0.3) is 0 Å². The molecule has 0 radical (unpaired) electrons. The van der Waals surface area contributed by atoms with Gasteiger partial charge in [-0.1, -0.05) is 6.07 Å². The molecule has 0 fully saturated rings. The molecule has 3 nitrogen and oxygen atoms in total. The van der Waals surface area contributed by atoms with Crippen molar-refractivity contribution in [3.8, 4) is 11.5 Å². The van der Waals surface area contributed by atoms with Crippen molar-refractivity contribution in [3.05, 3.63) is 42.5 Å². The van der Waals surface area contributed by atoms with Gasteiger partial charge >= 0.3 is 0 Å². The fourth-order valence-corrected chi connectivity index (χ4v) is 1.24. The van der Waals surface area contributed by atoms with Crippen molar-refractivity contribution in [2.24, 2.45) is 0 Å². The van der Waals surface area contributed by atoms with Crippen molar-refractivity contribution in [1.82, 2.24) is 9.78 Å². The van der Waals surface area contributed by atoms with Gasteiger partial charge in [-0.25, -0.2) is 4.39 Å². The van der Waals surface area contributed by atoms with Gasteiger partial charge in [0.15, 0.2) is 5.75 Å². The monoisotopic (exact) mass is 206 g/mol. The van der Waals surface area contributed by atoms with E-state index in [1.165, 1.54) is 12.1 Å². The summed E-state index contributed by atoms with van der Waals surface area (Å²) in [6.07, 6.45) is 3.37. The Bertz CT molecular complexity index is 453. The first kappa shape index (κ1) is 9.71. The van der Waals surface area contributed by atoms with Crippen molar-refractivity contribution < 1.29 is 9.13 Å². The highest BCUT2D eigenvalue weighted by Gasteiger charge is 2.00. The van der Waals surface area contributed by atoms with Gasteiger partial charge in [-0.3, -0.25) is 4.68 Å². The first-order valence-corrected chi connectivity index (χ1v) is 4.74. The predicted molar refractivity (Wildman–Crippen MR) is 54.4 cm³/mol. The lowest BCUT2D eigenvalue weighted by molar-refractivity contribution is 0.475. The summed E-state index contributed by atoms with van der Waals surface area (Å²) >= 11 is 0. The van der Waals surface area contributed by atoms with Crippen LogP contribution in [0.25, 0.3) is 0 Å². The number of ether oxygens (including phenoxy) is 1. The normalized spacial score (nSPS) is 10.3. The van der Waals surface area contributed by atoms with E-state index >= 15 is 0 Å². The molecular weight excluding hydrogens is 195 g/mol. The third-order valence-electron chi connectivity index (χ3n) is 1.97. The van der Waals surface area contributed by atoms with E-state index in [4.69, 9.17) is 4.74 Å². The number of rotatable bonds is 3. The second-order valence-corrected chi connectivity index (χ2v) is 3.09. The number of benzene rings is 1. The van der Waals surface area contributed by atoms with Gasteiger partial charge in [-0.2, -0.15) is 5.10 Å². The molecule has 0 saturated carbocycles. The highest BCUT2D eigenvalue weighted by Crippen LogP contribution is 2.20. The number of halogens is 1. The lowest BCUT2D eigenvalue weighted by Crippen LogP contribution is -1.92. The van der Waals surface area contributed by atoms with Gasteiger partial charge in [0.2, 0.25) is 0 Å². The van der Waals surface area contributed by atoms with E-state index < -0.39 is 0 Å². The number of aromatic nitrogens is 2. The van der Waals surface area contributed by atoms with Crippen molar-refractivity contribution in [1.29, 1.82) is 0 Å². The molecule has 1 heterocycles. The lowest BCUT2D eigenvalue weighted by atomic mass is 10.3. The maximum atomic E-state index is 12.8. The first-order chi connectivity index (χ1) is 7.28. The van der Waals surface area contributed by atoms with Gasteiger partial charge in [0.1, 0.15) is 11.6 Å². The van der Waals surface area contributed by atoms with Crippen molar-refractivity contribution in [3.63, 3.8) is 0 Å². The molecule has 1 aromatic heterocycles. The summed E-state index contributed by atoms with van der Waals surface area (Å²) in [5, 5.41) is 4.05. The van der Waals surface area contributed by atoms with Crippen LogP contribution in [0.5, 0.6) is 11.5 Å². The van der Waals surface area contributed by atoms with Crippen molar-refractivity contribution >= 4 is 0 Å². The summed E-state index contributed by atoms with van der Waals surface area (Å²) in [6, 6.07) is 6.02. The Morgan fingerprint density at radius 3 is 2.93 bits per heavy atom. The van der Waals surface area contributed by atoms with Gasteiger partial charge in [0, 0.05) is 12.6 Å². The van der Waals surface area contributed by atoms with Crippen LogP contribution >= 0.6 is 0 Å². The number of nitrogens with zero attached hydrogens (tertiary/aromatic N) is 2. The number of hydrogen-bond donors (Lipinski definition) is 0. The van der Waals surface area contributed by atoms with E-state index in [0.717, 1.165) is 6.54 Å². The molecular formula is C11H11FN2O. The minimum Gasteiger partial charge on any atom is -0.454 e. The summed E-state index contributed by atoms with van der Waals surface area (Å²) in [4.78, 5) is 0. The van der Waals surface area contributed by atoms with Gasteiger partial charge < -0.3 is 4.74 Å². The summed E-state index contributed by atoms with van der Waals surface area (Å²) in [7, 11) is 0. The molecule has 2 rings (SSSR count). The molecule has 2 aromatic rings. The van der Waals surface area contributed by atoms with Crippen molar-refractivity contribution in [2.75, 3.05) is 0 Å². The predicted octanol–water partition coefficient (Wildman–Crippen LogP) is 2.83. The minimum absolute atomic E-state index is 0.310. The Balaban J connectivity index is 2.14. The van der Waals surface area contributed by atoms with Crippen molar-refractivity contribution in [2.45, 2.75) is 13.5 Å². The fourth-order valence-electron chi connectivity index (χ4n) is 1.24. The van der Waals surface area contributed by atoms with E-state index in [-0.39, 0.29) is 5.82 Å². The van der Waals surface area contributed by atoms with Crippen LogP contribution < -0.4 is 4.74 Å². The minimum atomic E-state index is -0.310. The second kappa shape index (κ2) is 4.13. The molecule has 0 amide bonds. The molecule has 0 aliphatic carbocycles. The Labute approximate surface area is 87.1 Å². The van der Waals surface area contributed by atoms with Gasteiger partial charge in [-0.15, -0.1) is 0 Å². The Hall–Kier alpha value is -1.84. The second-order valence-electron chi connectivity index (χ2n) is 3.09. The zero-order chi connectivity index (χ0) is 10.7. The third kappa shape index (κ3) is 2.34. The van der Waals surface area contributed by atoms with Crippen LogP contribution in [0.2, 0.25) is 0 Å². The molecule has 15 heavy (non-hydrogen) atoms. The van der Waals surface area contributed by atoms with E-state index in [0.29, 0.717) is 11.5 Å². The quantitative estimate of drug-likeness (QED) is 0.772. The molecule has 0 aliphatic heterocycles. The third-order valence-corrected chi connectivity index (χ3v) is 1.97. The summed E-state index contributed by atoms with van der Waals surface area (Å²) < 4.78 is 20.0. The highest BCUT2D eigenvalue weighted by atomic mass is 19.1. The molecule has 1 aromatic carbocycles. The van der Waals surface area contributed by atoms with Crippen LogP contribution in [0.1, 0.15) is 6.92 Å². The number of aryl methyl sites for hydroxylation is 1. The Kier molecular flexibility index (Phi) is 2.67. The zero-order valence-electron chi connectivity index (χ0n) is 8.35. The molecule has 0 saturated heterocycles. The SMILES string of the molecule is CCn1cc(Oc2cccc(F)c2)cn1.